The van der Waals surface area contributed by atoms with Gasteiger partial charge in [0, 0.05) is 0 Å². The molecular formula is C17H21F. The van der Waals surface area contributed by atoms with Crippen molar-refractivity contribution in [1.82, 2.24) is 0 Å². The maximum absolute atomic E-state index is 12.7. The summed E-state index contributed by atoms with van der Waals surface area (Å²) in [4.78, 5) is 0. The Labute approximate surface area is 109 Å². The minimum absolute atomic E-state index is 0.168. The number of rotatable bonds is 3. The van der Waals surface area contributed by atoms with Gasteiger partial charge in [-0.1, -0.05) is 55.8 Å². The summed E-state index contributed by atoms with van der Waals surface area (Å²) in [6, 6.07) is 15.3. The largest absolute Gasteiger partial charge is 0.207 e. The summed E-state index contributed by atoms with van der Waals surface area (Å²) in [5.41, 5.74) is 3.79. The molecule has 1 heteroatoms. The predicted molar refractivity (Wildman–Crippen MR) is 76.3 cm³/mol. The molecule has 0 heterocycles. The van der Waals surface area contributed by atoms with Crippen LogP contribution in [0.2, 0.25) is 0 Å². The van der Waals surface area contributed by atoms with Gasteiger partial charge in [-0.2, -0.15) is 0 Å². The summed E-state index contributed by atoms with van der Waals surface area (Å²) in [5, 5.41) is 0. The summed E-state index contributed by atoms with van der Waals surface area (Å²) >= 11 is 0. The van der Waals surface area contributed by atoms with Gasteiger partial charge in [0.15, 0.2) is 0 Å². The van der Waals surface area contributed by atoms with E-state index in [-0.39, 0.29) is 5.82 Å². The zero-order valence-electron chi connectivity index (χ0n) is 11.4. The molecule has 0 unspecified atom stereocenters. The number of benzene rings is 2. The second-order valence-corrected chi connectivity index (χ2v) is 4.11. The van der Waals surface area contributed by atoms with E-state index in [0.29, 0.717) is 0 Å². The molecule has 0 atom stereocenters. The van der Waals surface area contributed by atoms with Gasteiger partial charge in [0.1, 0.15) is 5.82 Å². The molecule has 0 aromatic heterocycles. The van der Waals surface area contributed by atoms with E-state index >= 15 is 0 Å². The highest BCUT2D eigenvalue weighted by molar-refractivity contribution is 5.23. The summed E-state index contributed by atoms with van der Waals surface area (Å²) in [5.74, 6) is -0.168. The highest BCUT2D eigenvalue weighted by atomic mass is 19.1. The first-order valence-electron chi connectivity index (χ1n) is 6.54. The summed E-state index contributed by atoms with van der Waals surface area (Å²) < 4.78 is 12.7. The lowest BCUT2D eigenvalue weighted by Gasteiger charge is -2.02. The van der Waals surface area contributed by atoms with Crippen molar-refractivity contribution in [2.24, 2.45) is 0 Å². The molecule has 0 amide bonds. The van der Waals surface area contributed by atoms with Crippen LogP contribution in [0.5, 0.6) is 0 Å². The molecule has 0 fully saturated rings. The van der Waals surface area contributed by atoms with Crippen molar-refractivity contribution in [2.75, 3.05) is 0 Å². The van der Waals surface area contributed by atoms with E-state index in [0.717, 1.165) is 12.8 Å². The zero-order chi connectivity index (χ0) is 13.4. The molecule has 0 saturated heterocycles. The summed E-state index contributed by atoms with van der Waals surface area (Å²) in [6.07, 6.45) is 1.97. The Morgan fingerprint density at radius 3 is 1.56 bits per heavy atom. The molecule has 0 spiro atoms. The monoisotopic (exact) mass is 244 g/mol. The van der Waals surface area contributed by atoms with Crippen LogP contribution in [0, 0.1) is 12.7 Å². The first kappa shape index (κ1) is 14.4. The number of aryl methyl sites for hydroxylation is 3. The Bertz CT molecular complexity index is 395. The second-order valence-electron chi connectivity index (χ2n) is 4.11. The summed E-state index contributed by atoms with van der Waals surface area (Å²) in [7, 11) is 0. The highest BCUT2D eigenvalue weighted by Crippen LogP contribution is 2.09. The minimum atomic E-state index is -0.168. The van der Waals surface area contributed by atoms with Gasteiger partial charge >= 0.3 is 0 Å². The average molecular weight is 244 g/mol. The average Bonchev–Trinajstić information content (AvgIpc) is 2.42. The molecule has 2 aromatic rings. The molecule has 0 saturated carbocycles. The van der Waals surface area contributed by atoms with Crippen molar-refractivity contribution >= 4 is 0 Å². The molecule has 2 rings (SSSR count). The standard InChI is InChI=1S/C15H15F.C2H6/c1-12-2-4-13(5-3-12)6-7-14-8-10-15(16)11-9-14;1-2/h2-5,8-11H,6-7H2,1H3;1-2H3. The lowest BCUT2D eigenvalue weighted by Crippen LogP contribution is -1.91. The normalized spacial score (nSPS) is 9.56. The first-order valence-corrected chi connectivity index (χ1v) is 6.54. The Hall–Kier alpha value is -1.63. The van der Waals surface area contributed by atoms with Crippen LogP contribution in [-0.4, -0.2) is 0 Å². The van der Waals surface area contributed by atoms with Crippen LogP contribution < -0.4 is 0 Å². The van der Waals surface area contributed by atoms with Crippen molar-refractivity contribution in [3.63, 3.8) is 0 Å². The van der Waals surface area contributed by atoms with E-state index in [1.165, 1.54) is 28.8 Å². The minimum Gasteiger partial charge on any atom is -0.207 e. The molecular weight excluding hydrogens is 223 g/mol. The van der Waals surface area contributed by atoms with E-state index in [1.807, 2.05) is 26.0 Å². The SMILES string of the molecule is CC.Cc1ccc(CCc2ccc(F)cc2)cc1. The molecule has 2 aromatic carbocycles. The van der Waals surface area contributed by atoms with Crippen LogP contribution in [0.1, 0.15) is 30.5 Å². The van der Waals surface area contributed by atoms with Crippen molar-refractivity contribution in [3.8, 4) is 0 Å². The molecule has 18 heavy (non-hydrogen) atoms. The maximum Gasteiger partial charge on any atom is 0.123 e. The molecule has 0 bridgehead atoms. The van der Waals surface area contributed by atoms with Gasteiger partial charge in [0.25, 0.3) is 0 Å². The van der Waals surface area contributed by atoms with E-state index in [1.54, 1.807) is 0 Å². The number of halogens is 1. The van der Waals surface area contributed by atoms with Gasteiger partial charge in [-0.05, 0) is 43.0 Å². The van der Waals surface area contributed by atoms with Crippen LogP contribution in [0.25, 0.3) is 0 Å². The molecule has 0 aliphatic carbocycles. The number of hydrogen-bond donors (Lipinski definition) is 0. The van der Waals surface area contributed by atoms with Crippen LogP contribution in [0.4, 0.5) is 4.39 Å². The van der Waals surface area contributed by atoms with Gasteiger partial charge in [-0.3, -0.25) is 0 Å². The molecule has 0 aliphatic heterocycles. The van der Waals surface area contributed by atoms with Crippen molar-refractivity contribution < 1.29 is 4.39 Å². The Balaban J connectivity index is 0.000000771. The predicted octanol–water partition coefficient (Wildman–Crippen LogP) is 4.95. The maximum atomic E-state index is 12.7. The van der Waals surface area contributed by atoms with Gasteiger partial charge in [-0.15, -0.1) is 0 Å². The van der Waals surface area contributed by atoms with Crippen LogP contribution >= 0.6 is 0 Å². The van der Waals surface area contributed by atoms with Crippen molar-refractivity contribution in [1.29, 1.82) is 0 Å². The lowest BCUT2D eigenvalue weighted by molar-refractivity contribution is 0.627. The highest BCUT2D eigenvalue weighted by Gasteiger charge is 1.96. The summed E-state index contributed by atoms with van der Waals surface area (Å²) in [6.45, 7) is 6.09. The fourth-order valence-corrected chi connectivity index (χ4v) is 1.69. The third-order valence-corrected chi connectivity index (χ3v) is 2.74. The van der Waals surface area contributed by atoms with Gasteiger partial charge in [-0.25, -0.2) is 4.39 Å². The fourth-order valence-electron chi connectivity index (χ4n) is 1.69. The number of hydrogen-bond acceptors (Lipinski definition) is 0. The quantitative estimate of drug-likeness (QED) is 0.717. The molecule has 96 valence electrons. The fraction of sp³-hybridized carbons (Fsp3) is 0.294. The topological polar surface area (TPSA) is 0 Å². The molecule has 0 aliphatic rings. The Kier molecular flexibility index (Phi) is 6.13. The Morgan fingerprint density at radius 2 is 1.11 bits per heavy atom. The van der Waals surface area contributed by atoms with E-state index in [4.69, 9.17) is 0 Å². The Morgan fingerprint density at radius 1 is 0.722 bits per heavy atom. The van der Waals surface area contributed by atoms with Gasteiger partial charge in [0.05, 0.1) is 0 Å². The third kappa shape index (κ3) is 4.70. The smallest absolute Gasteiger partial charge is 0.123 e. The van der Waals surface area contributed by atoms with Crippen LogP contribution in [0.3, 0.4) is 0 Å². The first-order chi connectivity index (χ1) is 8.74. The molecule has 0 nitrogen and oxygen atoms in total. The zero-order valence-corrected chi connectivity index (χ0v) is 11.4. The van der Waals surface area contributed by atoms with Crippen LogP contribution in [-0.2, 0) is 12.8 Å². The molecule has 0 radical (unpaired) electrons. The van der Waals surface area contributed by atoms with Gasteiger partial charge in [0.2, 0.25) is 0 Å². The second kappa shape index (κ2) is 7.65. The molecule has 0 N–H and O–H groups in total. The van der Waals surface area contributed by atoms with E-state index in [9.17, 15) is 4.39 Å². The van der Waals surface area contributed by atoms with E-state index in [2.05, 4.69) is 31.2 Å². The van der Waals surface area contributed by atoms with Crippen LogP contribution in [0.15, 0.2) is 48.5 Å². The lowest BCUT2D eigenvalue weighted by atomic mass is 10.0. The third-order valence-electron chi connectivity index (χ3n) is 2.74. The van der Waals surface area contributed by atoms with Crippen molar-refractivity contribution in [3.05, 3.63) is 71.0 Å². The van der Waals surface area contributed by atoms with Crippen molar-refractivity contribution in [2.45, 2.75) is 33.6 Å². The van der Waals surface area contributed by atoms with Gasteiger partial charge < -0.3 is 0 Å². The van der Waals surface area contributed by atoms with E-state index < -0.39 is 0 Å².